The first-order valence-corrected chi connectivity index (χ1v) is 7.47. The van der Waals surface area contributed by atoms with Crippen molar-refractivity contribution in [2.24, 2.45) is 5.10 Å². The van der Waals surface area contributed by atoms with Crippen molar-refractivity contribution >= 4 is 18.0 Å². The highest BCUT2D eigenvalue weighted by atomic mass is 32.2. The Kier molecular flexibility index (Phi) is 4.16. The number of aromatic nitrogens is 3. The second-order valence-electron chi connectivity index (χ2n) is 4.43. The third-order valence-corrected chi connectivity index (χ3v) is 3.79. The van der Waals surface area contributed by atoms with Crippen LogP contribution >= 0.6 is 11.8 Å². The summed E-state index contributed by atoms with van der Waals surface area (Å²) in [7, 11) is 0. The Bertz CT molecular complexity index is 733. The maximum atomic E-state index is 5.44. The average Bonchev–Trinajstić information content (AvgIpc) is 3.12. The fourth-order valence-electron chi connectivity index (χ4n) is 1.76. The molecule has 0 radical (unpaired) electrons. The molecule has 0 aliphatic carbocycles. The Morgan fingerprint density at radius 3 is 2.86 bits per heavy atom. The lowest BCUT2D eigenvalue weighted by Crippen LogP contribution is -1.92. The highest BCUT2D eigenvalue weighted by Gasteiger charge is 2.04. The quantitative estimate of drug-likeness (QED) is 0.535. The molecule has 0 fully saturated rings. The molecule has 0 N–H and O–H groups in total. The highest BCUT2D eigenvalue weighted by molar-refractivity contribution is 7.98. The van der Waals surface area contributed by atoms with Crippen LogP contribution in [0.15, 0.2) is 63.5 Å². The molecule has 0 unspecified atom stereocenters. The minimum atomic E-state index is 0.709. The second kappa shape index (κ2) is 6.41. The number of rotatable bonds is 5. The first kappa shape index (κ1) is 13.6. The summed E-state index contributed by atoms with van der Waals surface area (Å²) in [6.07, 6.45) is 3.24. The van der Waals surface area contributed by atoms with Crippen LogP contribution in [0.3, 0.4) is 0 Å². The second-order valence-corrected chi connectivity index (χ2v) is 5.37. The molecule has 0 atom stereocenters. The molecule has 0 aliphatic rings. The van der Waals surface area contributed by atoms with Gasteiger partial charge >= 0.3 is 0 Å². The van der Waals surface area contributed by atoms with E-state index in [1.54, 1.807) is 29.0 Å². The molecule has 2 aromatic heterocycles. The van der Waals surface area contributed by atoms with Gasteiger partial charge in [-0.3, -0.25) is 0 Å². The minimum absolute atomic E-state index is 0.709. The Labute approximate surface area is 126 Å². The van der Waals surface area contributed by atoms with Gasteiger partial charge in [0, 0.05) is 5.75 Å². The van der Waals surface area contributed by atoms with E-state index in [1.807, 2.05) is 37.3 Å². The van der Waals surface area contributed by atoms with E-state index in [2.05, 4.69) is 27.4 Å². The van der Waals surface area contributed by atoms with Gasteiger partial charge in [-0.1, -0.05) is 42.1 Å². The van der Waals surface area contributed by atoms with Gasteiger partial charge in [-0.25, -0.2) is 0 Å². The van der Waals surface area contributed by atoms with Crippen molar-refractivity contribution in [3.8, 4) is 0 Å². The molecule has 6 heteroatoms. The fourth-order valence-corrected chi connectivity index (χ4v) is 2.58. The molecule has 106 valence electrons. The number of thioether (sulfide) groups is 1. The van der Waals surface area contributed by atoms with Crippen molar-refractivity contribution < 1.29 is 4.42 Å². The molecule has 5 nitrogen and oxygen atoms in total. The maximum Gasteiger partial charge on any atom is 0.212 e. The van der Waals surface area contributed by atoms with Crippen LogP contribution in [0.5, 0.6) is 0 Å². The Balaban J connectivity index is 1.68. The van der Waals surface area contributed by atoms with Gasteiger partial charge in [0.15, 0.2) is 0 Å². The Hall–Kier alpha value is -2.34. The van der Waals surface area contributed by atoms with E-state index in [-0.39, 0.29) is 0 Å². The summed E-state index contributed by atoms with van der Waals surface area (Å²) in [6, 6.07) is 14.0. The Morgan fingerprint density at radius 1 is 1.24 bits per heavy atom. The molecule has 0 spiro atoms. The molecule has 21 heavy (non-hydrogen) atoms. The molecular formula is C15H14N4OS. The van der Waals surface area contributed by atoms with Crippen LogP contribution in [0.2, 0.25) is 0 Å². The highest BCUT2D eigenvalue weighted by Crippen LogP contribution is 2.20. The van der Waals surface area contributed by atoms with Crippen LogP contribution in [0.4, 0.5) is 0 Å². The Morgan fingerprint density at radius 2 is 2.10 bits per heavy atom. The fraction of sp³-hybridized carbons (Fsp3) is 0.133. The third-order valence-electron chi connectivity index (χ3n) is 2.78. The zero-order valence-electron chi connectivity index (χ0n) is 11.5. The van der Waals surface area contributed by atoms with Gasteiger partial charge in [0.05, 0.1) is 6.21 Å². The van der Waals surface area contributed by atoms with Gasteiger partial charge in [0.25, 0.3) is 0 Å². The van der Waals surface area contributed by atoms with Crippen LogP contribution < -0.4 is 0 Å². The monoisotopic (exact) mass is 298 g/mol. The standard InChI is InChI=1S/C15H14N4OS/c1-12-7-8-14(20-12)9-17-19-11-16-18-15(19)21-10-13-5-3-2-4-6-13/h2-9,11H,10H2,1H3/b17-9+. The van der Waals surface area contributed by atoms with Crippen LogP contribution in [0.1, 0.15) is 17.1 Å². The van der Waals surface area contributed by atoms with Crippen molar-refractivity contribution in [2.45, 2.75) is 17.8 Å². The third kappa shape index (κ3) is 3.61. The zero-order valence-corrected chi connectivity index (χ0v) is 12.3. The van der Waals surface area contributed by atoms with E-state index < -0.39 is 0 Å². The minimum Gasteiger partial charge on any atom is -0.460 e. The summed E-state index contributed by atoms with van der Waals surface area (Å²) >= 11 is 1.59. The molecule has 3 rings (SSSR count). The average molecular weight is 298 g/mol. The molecule has 0 bridgehead atoms. The lowest BCUT2D eigenvalue weighted by molar-refractivity contribution is 0.527. The number of hydrogen-bond acceptors (Lipinski definition) is 5. The van der Waals surface area contributed by atoms with Crippen LogP contribution in [0, 0.1) is 6.92 Å². The predicted molar refractivity (Wildman–Crippen MR) is 82.5 cm³/mol. The van der Waals surface area contributed by atoms with Crippen molar-refractivity contribution in [2.75, 3.05) is 0 Å². The molecule has 2 heterocycles. The van der Waals surface area contributed by atoms with Gasteiger partial charge in [0.1, 0.15) is 17.8 Å². The van der Waals surface area contributed by atoms with Crippen LogP contribution in [0.25, 0.3) is 0 Å². The number of hydrogen-bond donors (Lipinski definition) is 0. The van der Waals surface area contributed by atoms with E-state index in [0.717, 1.165) is 16.7 Å². The number of aryl methyl sites for hydroxylation is 1. The summed E-state index contributed by atoms with van der Waals surface area (Å²) in [5.74, 6) is 2.40. The van der Waals surface area contributed by atoms with E-state index in [4.69, 9.17) is 4.42 Å². The molecule has 0 aliphatic heterocycles. The van der Waals surface area contributed by atoms with E-state index >= 15 is 0 Å². The molecule has 0 amide bonds. The number of nitrogens with zero attached hydrogens (tertiary/aromatic N) is 4. The number of furan rings is 1. The van der Waals surface area contributed by atoms with Crippen LogP contribution in [-0.2, 0) is 5.75 Å². The lowest BCUT2D eigenvalue weighted by Gasteiger charge is -2.00. The summed E-state index contributed by atoms with van der Waals surface area (Å²) < 4.78 is 7.08. The number of benzene rings is 1. The zero-order chi connectivity index (χ0) is 14.5. The summed E-state index contributed by atoms with van der Waals surface area (Å²) in [5.41, 5.74) is 1.24. The summed E-state index contributed by atoms with van der Waals surface area (Å²) in [4.78, 5) is 0. The van der Waals surface area contributed by atoms with Gasteiger partial charge in [-0.2, -0.15) is 9.78 Å². The molecule has 3 aromatic rings. The van der Waals surface area contributed by atoms with E-state index in [9.17, 15) is 0 Å². The first-order valence-electron chi connectivity index (χ1n) is 6.49. The maximum absolute atomic E-state index is 5.44. The first-order chi connectivity index (χ1) is 10.3. The van der Waals surface area contributed by atoms with Crippen molar-refractivity contribution in [3.63, 3.8) is 0 Å². The molecular weight excluding hydrogens is 284 g/mol. The molecule has 0 saturated heterocycles. The summed E-state index contributed by atoms with van der Waals surface area (Å²) in [6.45, 7) is 1.90. The van der Waals surface area contributed by atoms with Crippen molar-refractivity contribution in [1.82, 2.24) is 14.9 Å². The van der Waals surface area contributed by atoms with Gasteiger partial charge in [-0.15, -0.1) is 10.2 Å². The molecule has 1 aromatic carbocycles. The van der Waals surface area contributed by atoms with Crippen LogP contribution in [-0.4, -0.2) is 21.1 Å². The van der Waals surface area contributed by atoms with Crippen molar-refractivity contribution in [3.05, 3.63) is 65.9 Å². The van der Waals surface area contributed by atoms with Gasteiger partial charge in [0.2, 0.25) is 5.16 Å². The molecule has 0 saturated carbocycles. The SMILES string of the molecule is Cc1ccc(/C=N/n2cnnc2SCc2ccccc2)o1. The van der Waals surface area contributed by atoms with Gasteiger partial charge in [-0.05, 0) is 24.6 Å². The van der Waals surface area contributed by atoms with Crippen molar-refractivity contribution in [1.29, 1.82) is 0 Å². The largest absolute Gasteiger partial charge is 0.460 e. The topological polar surface area (TPSA) is 56.2 Å². The summed E-state index contributed by atoms with van der Waals surface area (Å²) in [5, 5.41) is 13.0. The normalized spacial score (nSPS) is 11.3. The van der Waals surface area contributed by atoms with E-state index in [0.29, 0.717) is 5.76 Å². The smallest absolute Gasteiger partial charge is 0.212 e. The van der Waals surface area contributed by atoms with Gasteiger partial charge < -0.3 is 4.42 Å². The lowest BCUT2D eigenvalue weighted by atomic mass is 10.2. The van der Waals surface area contributed by atoms with E-state index in [1.165, 1.54) is 5.56 Å². The predicted octanol–water partition coefficient (Wildman–Crippen LogP) is 3.35.